The molecule has 8 heteroatoms. The third kappa shape index (κ3) is 2.84. The zero-order valence-corrected chi connectivity index (χ0v) is 13.5. The second-order valence-corrected chi connectivity index (χ2v) is 6.06. The van der Waals surface area contributed by atoms with E-state index in [-0.39, 0.29) is 17.3 Å². The van der Waals surface area contributed by atoms with E-state index in [4.69, 9.17) is 0 Å². The molecule has 0 saturated carbocycles. The zero-order chi connectivity index (χ0) is 17.6. The Morgan fingerprint density at radius 2 is 2.00 bits per heavy atom. The number of carbonyl (C=O) groups excluding carboxylic acids is 1. The van der Waals surface area contributed by atoms with Crippen LogP contribution in [-0.4, -0.2) is 25.5 Å². The number of anilines is 1. The van der Waals surface area contributed by atoms with Crippen LogP contribution in [0.2, 0.25) is 0 Å². The maximum Gasteiger partial charge on any atom is 0.295 e. The summed E-state index contributed by atoms with van der Waals surface area (Å²) in [5.41, 5.74) is 3.21. The van der Waals surface area contributed by atoms with Gasteiger partial charge in [-0.05, 0) is 55.5 Å². The van der Waals surface area contributed by atoms with E-state index in [0.717, 1.165) is 23.8 Å². The Kier molecular flexibility index (Phi) is 3.67. The van der Waals surface area contributed by atoms with Crippen LogP contribution in [0, 0.1) is 6.92 Å². The van der Waals surface area contributed by atoms with Crippen LogP contribution in [-0.2, 0) is 12.8 Å². The van der Waals surface area contributed by atoms with Crippen molar-refractivity contribution in [2.75, 3.05) is 5.32 Å². The second-order valence-electron chi connectivity index (χ2n) is 6.06. The highest BCUT2D eigenvalue weighted by Crippen LogP contribution is 2.25. The zero-order valence-electron chi connectivity index (χ0n) is 13.5. The molecule has 0 fully saturated rings. The second kappa shape index (κ2) is 5.87. The summed E-state index contributed by atoms with van der Waals surface area (Å²) in [5.74, 6) is -0.767. The Bertz CT molecular complexity index is 983. The van der Waals surface area contributed by atoms with Gasteiger partial charge in [-0.15, -0.1) is 5.10 Å². The number of hydrogen-bond acceptors (Lipinski definition) is 4. The number of halogens is 2. The first-order valence-corrected chi connectivity index (χ1v) is 7.97. The highest BCUT2D eigenvalue weighted by Gasteiger charge is 2.20. The van der Waals surface area contributed by atoms with Gasteiger partial charge in [-0.2, -0.15) is 9.50 Å². The predicted octanol–water partition coefficient (Wildman–Crippen LogP) is 3.11. The van der Waals surface area contributed by atoms with Crippen LogP contribution in [0.3, 0.4) is 0 Å². The molecule has 1 N–H and O–H groups in total. The average molecular weight is 343 g/mol. The lowest BCUT2D eigenvalue weighted by Gasteiger charge is -2.05. The van der Waals surface area contributed by atoms with Gasteiger partial charge in [0.25, 0.3) is 18.1 Å². The van der Waals surface area contributed by atoms with E-state index in [0.29, 0.717) is 11.4 Å². The van der Waals surface area contributed by atoms with Crippen LogP contribution in [0.4, 0.5) is 14.5 Å². The van der Waals surface area contributed by atoms with Crippen molar-refractivity contribution in [3.8, 4) is 0 Å². The van der Waals surface area contributed by atoms with Crippen molar-refractivity contribution in [1.29, 1.82) is 0 Å². The molecular weight excluding hydrogens is 328 g/mol. The molecule has 1 aliphatic rings. The molecule has 0 saturated heterocycles. The lowest BCUT2D eigenvalue weighted by Crippen LogP contribution is -2.14. The molecule has 25 heavy (non-hydrogen) atoms. The van der Waals surface area contributed by atoms with Gasteiger partial charge in [-0.3, -0.25) is 4.79 Å². The van der Waals surface area contributed by atoms with Gasteiger partial charge in [0, 0.05) is 11.4 Å². The summed E-state index contributed by atoms with van der Waals surface area (Å²) in [7, 11) is 0. The Balaban J connectivity index is 1.65. The Hall–Kier alpha value is -2.90. The van der Waals surface area contributed by atoms with Gasteiger partial charge in [0.15, 0.2) is 0 Å². The fourth-order valence-electron chi connectivity index (χ4n) is 3.10. The van der Waals surface area contributed by atoms with Crippen LogP contribution >= 0.6 is 0 Å². The minimum atomic E-state index is -2.74. The van der Waals surface area contributed by atoms with Crippen molar-refractivity contribution in [2.45, 2.75) is 32.6 Å². The number of fused-ring (bicyclic) bond motifs is 2. The van der Waals surface area contributed by atoms with Crippen LogP contribution in [0.1, 0.15) is 46.0 Å². The summed E-state index contributed by atoms with van der Waals surface area (Å²) in [6, 6.07) is 6.98. The fraction of sp³-hybridized carbons (Fsp3) is 0.294. The van der Waals surface area contributed by atoms with Crippen molar-refractivity contribution in [3.05, 3.63) is 52.6 Å². The van der Waals surface area contributed by atoms with Crippen molar-refractivity contribution in [3.63, 3.8) is 0 Å². The van der Waals surface area contributed by atoms with Crippen LogP contribution in [0.25, 0.3) is 5.78 Å². The van der Waals surface area contributed by atoms with Gasteiger partial charge < -0.3 is 5.32 Å². The van der Waals surface area contributed by atoms with E-state index in [1.165, 1.54) is 17.2 Å². The molecule has 0 aliphatic heterocycles. The van der Waals surface area contributed by atoms with Crippen molar-refractivity contribution < 1.29 is 13.6 Å². The quantitative estimate of drug-likeness (QED) is 0.793. The molecule has 2 aromatic heterocycles. The van der Waals surface area contributed by atoms with Gasteiger partial charge >= 0.3 is 0 Å². The first-order chi connectivity index (χ1) is 12.0. The molecule has 0 spiro atoms. The lowest BCUT2D eigenvalue weighted by molar-refractivity contribution is 0.101. The molecule has 0 bridgehead atoms. The van der Waals surface area contributed by atoms with Gasteiger partial charge in [-0.25, -0.2) is 13.8 Å². The van der Waals surface area contributed by atoms with Gasteiger partial charge in [0.05, 0.1) is 0 Å². The summed E-state index contributed by atoms with van der Waals surface area (Å²) in [6.07, 6.45) is 0.423. The van der Waals surface area contributed by atoms with Gasteiger partial charge in [-0.1, -0.05) is 6.07 Å². The molecule has 4 rings (SSSR count). The largest absolute Gasteiger partial charge is 0.319 e. The number of aryl methyl sites for hydroxylation is 3. The molecule has 1 aliphatic carbocycles. The van der Waals surface area contributed by atoms with Crippen LogP contribution < -0.4 is 5.32 Å². The molecule has 1 aromatic carbocycles. The molecule has 128 valence electrons. The maximum absolute atomic E-state index is 13.1. The number of nitrogens with one attached hydrogen (secondary N) is 1. The number of aromatic nitrogens is 4. The average Bonchev–Trinajstić information content (AvgIpc) is 3.19. The number of nitrogens with zero attached hydrogens (tertiary/aromatic N) is 4. The van der Waals surface area contributed by atoms with E-state index < -0.39 is 12.3 Å². The molecule has 1 amide bonds. The predicted molar refractivity (Wildman–Crippen MR) is 86.9 cm³/mol. The molecule has 0 atom stereocenters. The fourth-order valence-corrected chi connectivity index (χ4v) is 3.10. The van der Waals surface area contributed by atoms with Crippen LogP contribution in [0.5, 0.6) is 0 Å². The lowest BCUT2D eigenvalue weighted by atomic mass is 10.1. The van der Waals surface area contributed by atoms with E-state index in [9.17, 15) is 13.6 Å². The van der Waals surface area contributed by atoms with E-state index in [1.54, 1.807) is 6.92 Å². The summed E-state index contributed by atoms with van der Waals surface area (Å²) >= 11 is 0. The number of hydrogen-bond donors (Lipinski definition) is 1. The smallest absolute Gasteiger partial charge is 0.295 e. The van der Waals surface area contributed by atoms with E-state index >= 15 is 0 Å². The van der Waals surface area contributed by atoms with Crippen molar-refractivity contribution in [2.24, 2.45) is 0 Å². The minimum absolute atomic E-state index is 0.0191. The van der Waals surface area contributed by atoms with Crippen molar-refractivity contribution >= 4 is 17.4 Å². The minimum Gasteiger partial charge on any atom is -0.319 e. The first kappa shape index (κ1) is 15.6. The Labute approximate surface area is 141 Å². The third-order valence-electron chi connectivity index (χ3n) is 4.25. The maximum atomic E-state index is 13.1. The summed E-state index contributed by atoms with van der Waals surface area (Å²) in [6.45, 7) is 1.59. The van der Waals surface area contributed by atoms with Gasteiger partial charge in [0.2, 0.25) is 5.82 Å². The molecule has 2 heterocycles. The number of alkyl halides is 2. The molecule has 0 radical (unpaired) electrons. The van der Waals surface area contributed by atoms with E-state index in [1.807, 2.05) is 18.2 Å². The monoisotopic (exact) mass is 343 g/mol. The number of rotatable bonds is 3. The first-order valence-electron chi connectivity index (χ1n) is 7.97. The highest BCUT2D eigenvalue weighted by molar-refractivity contribution is 6.01. The summed E-state index contributed by atoms with van der Waals surface area (Å²) in [5, 5.41) is 6.61. The summed E-state index contributed by atoms with van der Waals surface area (Å²) in [4.78, 5) is 20.4. The van der Waals surface area contributed by atoms with Crippen LogP contribution in [0.15, 0.2) is 24.3 Å². The third-order valence-corrected chi connectivity index (χ3v) is 4.25. The van der Waals surface area contributed by atoms with E-state index in [2.05, 4.69) is 20.4 Å². The molecule has 0 unspecified atom stereocenters. The number of benzene rings is 1. The SMILES string of the molecule is Cc1cc(C(F)F)n2nc(C(=O)Nc3ccc4c(c3)CCC4)nc2n1. The number of amides is 1. The summed E-state index contributed by atoms with van der Waals surface area (Å²) < 4.78 is 27.2. The molecular formula is C17H15F2N5O. The number of carbonyl (C=O) groups is 1. The molecule has 6 nitrogen and oxygen atoms in total. The molecule has 3 aromatic rings. The Morgan fingerprint density at radius 3 is 2.80 bits per heavy atom. The topological polar surface area (TPSA) is 72.2 Å². The highest BCUT2D eigenvalue weighted by atomic mass is 19.3. The Morgan fingerprint density at radius 1 is 1.20 bits per heavy atom. The van der Waals surface area contributed by atoms with Crippen molar-refractivity contribution in [1.82, 2.24) is 19.6 Å². The standard InChI is InChI=1S/C17H15F2N5O/c1-9-7-13(14(18)19)24-17(20-9)22-15(23-24)16(25)21-12-6-5-10-3-2-4-11(10)8-12/h5-8,14H,2-4H2,1H3,(H,21,25). The normalized spacial score (nSPS) is 13.4. The van der Waals surface area contributed by atoms with Gasteiger partial charge in [0.1, 0.15) is 5.69 Å².